The third-order valence-corrected chi connectivity index (χ3v) is 2.03. The summed E-state index contributed by atoms with van der Waals surface area (Å²) in [7, 11) is 0. The SMILES string of the molecule is CCC(C)(C)OC(C)CC(N)=S. The van der Waals surface area contributed by atoms with Gasteiger partial charge in [0.15, 0.2) is 0 Å². The van der Waals surface area contributed by atoms with Gasteiger partial charge in [-0.2, -0.15) is 0 Å². The van der Waals surface area contributed by atoms with Gasteiger partial charge in [0.2, 0.25) is 0 Å². The summed E-state index contributed by atoms with van der Waals surface area (Å²) in [5.41, 5.74) is 5.34. The van der Waals surface area contributed by atoms with Crippen molar-refractivity contribution in [1.29, 1.82) is 0 Å². The van der Waals surface area contributed by atoms with Gasteiger partial charge < -0.3 is 10.5 Å². The summed E-state index contributed by atoms with van der Waals surface area (Å²) in [4.78, 5) is 0.523. The van der Waals surface area contributed by atoms with Crippen molar-refractivity contribution in [2.75, 3.05) is 0 Å². The van der Waals surface area contributed by atoms with Gasteiger partial charge in [0, 0.05) is 6.42 Å². The molecule has 0 radical (unpaired) electrons. The fourth-order valence-corrected chi connectivity index (χ4v) is 1.19. The number of ether oxygens (including phenoxy) is 1. The average molecular weight is 189 g/mol. The third-order valence-electron chi connectivity index (χ3n) is 1.86. The average Bonchev–Trinajstić information content (AvgIpc) is 1.84. The van der Waals surface area contributed by atoms with Crippen molar-refractivity contribution in [3.63, 3.8) is 0 Å². The predicted octanol–water partition coefficient (Wildman–Crippen LogP) is 2.26. The molecular weight excluding hydrogens is 170 g/mol. The Hall–Kier alpha value is -0.150. The molecule has 3 heteroatoms. The number of rotatable bonds is 5. The van der Waals surface area contributed by atoms with E-state index in [1.807, 2.05) is 6.92 Å². The highest BCUT2D eigenvalue weighted by Gasteiger charge is 2.19. The minimum absolute atomic E-state index is 0.0653. The van der Waals surface area contributed by atoms with Crippen LogP contribution in [0.2, 0.25) is 0 Å². The van der Waals surface area contributed by atoms with Crippen LogP contribution in [0.25, 0.3) is 0 Å². The van der Waals surface area contributed by atoms with Gasteiger partial charge in [-0.15, -0.1) is 0 Å². The Kier molecular flexibility index (Phi) is 4.71. The topological polar surface area (TPSA) is 35.2 Å². The van der Waals surface area contributed by atoms with E-state index in [4.69, 9.17) is 22.7 Å². The molecule has 0 aliphatic heterocycles. The van der Waals surface area contributed by atoms with Gasteiger partial charge >= 0.3 is 0 Å². The number of hydrogen-bond donors (Lipinski definition) is 1. The molecule has 0 rings (SSSR count). The monoisotopic (exact) mass is 189 g/mol. The van der Waals surface area contributed by atoms with Crippen LogP contribution in [0.15, 0.2) is 0 Å². The van der Waals surface area contributed by atoms with Gasteiger partial charge in [-0.1, -0.05) is 19.1 Å². The van der Waals surface area contributed by atoms with Gasteiger partial charge in [0.25, 0.3) is 0 Å². The van der Waals surface area contributed by atoms with Crippen molar-refractivity contribution in [3.8, 4) is 0 Å². The summed E-state index contributed by atoms with van der Waals surface area (Å²) in [6.07, 6.45) is 1.78. The van der Waals surface area contributed by atoms with Crippen molar-refractivity contribution in [2.45, 2.75) is 52.2 Å². The molecule has 0 aliphatic carbocycles. The third kappa shape index (κ3) is 5.49. The van der Waals surface area contributed by atoms with Crippen molar-refractivity contribution >= 4 is 17.2 Å². The molecule has 0 spiro atoms. The Morgan fingerprint density at radius 3 is 2.42 bits per heavy atom. The number of thiocarbonyl (C=S) groups is 1. The van der Waals surface area contributed by atoms with Crippen LogP contribution in [-0.2, 0) is 4.74 Å². The van der Waals surface area contributed by atoms with E-state index in [1.165, 1.54) is 0 Å². The Morgan fingerprint density at radius 2 is 2.08 bits per heavy atom. The molecule has 0 aromatic carbocycles. The fourth-order valence-electron chi connectivity index (χ4n) is 0.953. The van der Waals surface area contributed by atoms with E-state index in [9.17, 15) is 0 Å². The second-order valence-electron chi connectivity index (χ2n) is 3.71. The number of hydrogen-bond acceptors (Lipinski definition) is 2. The molecule has 2 N–H and O–H groups in total. The summed E-state index contributed by atoms with van der Waals surface area (Å²) in [5, 5.41) is 0. The van der Waals surface area contributed by atoms with Crippen molar-refractivity contribution in [1.82, 2.24) is 0 Å². The lowest BCUT2D eigenvalue weighted by molar-refractivity contribution is -0.0619. The first-order valence-electron chi connectivity index (χ1n) is 4.33. The molecule has 0 aromatic rings. The highest BCUT2D eigenvalue weighted by atomic mass is 32.1. The second kappa shape index (κ2) is 4.77. The molecule has 0 bridgehead atoms. The Bertz CT molecular complexity index is 157. The Balaban J connectivity index is 3.83. The van der Waals surface area contributed by atoms with E-state index in [-0.39, 0.29) is 11.7 Å². The van der Waals surface area contributed by atoms with E-state index in [2.05, 4.69) is 20.8 Å². The zero-order valence-corrected chi connectivity index (χ0v) is 9.20. The molecule has 0 amide bonds. The molecule has 0 saturated heterocycles. The van der Waals surface area contributed by atoms with Crippen molar-refractivity contribution in [3.05, 3.63) is 0 Å². The van der Waals surface area contributed by atoms with Crippen molar-refractivity contribution in [2.24, 2.45) is 5.73 Å². The van der Waals surface area contributed by atoms with Crippen molar-refractivity contribution < 1.29 is 4.74 Å². The first-order valence-corrected chi connectivity index (χ1v) is 4.74. The van der Waals surface area contributed by atoms with E-state index in [1.54, 1.807) is 0 Å². The fraction of sp³-hybridized carbons (Fsp3) is 0.889. The lowest BCUT2D eigenvalue weighted by Crippen LogP contribution is -2.30. The molecule has 12 heavy (non-hydrogen) atoms. The summed E-state index contributed by atoms with van der Waals surface area (Å²) in [5.74, 6) is 0. The zero-order valence-electron chi connectivity index (χ0n) is 8.39. The molecule has 0 saturated carbocycles. The molecule has 0 aromatic heterocycles. The maximum atomic E-state index is 5.73. The first-order chi connectivity index (χ1) is 5.37. The lowest BCUT2D eigenvalue weighted by Gasteiger charge is -2.27. The Morgan fingerprint density at radius 1 is 1.58 bits per heavy atom. The van der Waals surface area contributed by atoms with Crippen LogP contribution < -0.4 is 5.73 Å². The molecule has 72 valence electrons. The van der Waals surface area contributed by atoms with Gasteiger partial charge in [0.1, 0.15) is 0 Å². The standard InChI is InChI=1S/C9H19NOS/c1-5-9(3,4)11-7(2)6-8(10)12/h7H,5-6H2,1-4H3,(H2,10,12). The van der Waals surface area contributed by atoms with E-state index >= 15 is 0 Å². The maximum absolute atomic E-state index is 5.73. The highest BCUT2D eigenvalue weighted by molar-refractivity contribution is 7.80. The summed E-state index contributed by atoms with van der Waals surface area (Å²) in [6.45, 7) is 8.25. The maximum Gasteiger partial charge on any atom is 0.0753 e. The van der Waals surface area contributed by atoms with Crippen LogP contribution in [0, 0.1) is 0 Å². The summed E-state index contributed by atoms with van der Waals surface area (Å²) < 4.78 is 5.73. The predicted molar refractivity (Wildman–Crippen MR) is 56.3 cm³/mol. The van der Waals surface area contributed by atoms with Crippen LogP contribution in [0.1, 0.15) is 40.5 Å². The van der Waals surface area contributed by atoms with Gasteiger partial charge in [-0.05, 0) is 27.2 Å². The van der Waals surface area contributed by atoms with E-state index in [0.717, 1.165) is 6.42 Å². The van der Waals surface area contributed by atoms with Crippen LogP contribution >= 0.6 is 12.2 Å². The molecule has 1 atom stereocenters. The smallest absolute Gasteiger partial charge is 0.0753 e. The normalized spacial score (nSPS) is 14.3. The number of nitrogens with two attached hydrogens (primary N) is 1. The quantitative estimate of drug-likeness (QED) is 0.674. The minimum Gasteiger partial charge on any atom is -0.393 e. The van der Waals surface area contributed by atoms with E-state index < -0.39 is 0 Å². The van der Waals surface area contributed by atoms with Gasteiger partial charge in [0.05, 0.1) is 16.7 Å². The molecule has 1 unspecified atom stereocenters. The highest BCUT2D eigenvalue weighted by Crippen LogP contribution is 2.17. The Labute approximate surface area is 80.5 Å². The molecule has 0 heterocycles. The van der Waals surface area contributed by atoms with Crippen LogP contribution in [0.4, 0.5) is 0 Å². The van der Waals surface area contributed by atoms with Crippen LogP contribution in [0.3, 0.4) is 0 Å². The minimum atomic E-state index is -0.0653. The zero-order chi connectivity index (χ0) is 9.78. The lowest BCUT2D eigenvalue weighted by atomic mass is 10.1. The molecule has 2 nitrogen and oxygen atoms in total. The summed E-state index contributed by atoms with van der Waals surface area (Å²) >= 11 is 4.79. The second-order valence-corrected chi connectivity index (χ2v) is 4.24. The molecule has 0 fully saturated rings. The van der Waals surface area contributed by atoms with Crippen LogP contribution in [0.5, 0.6) is 0 Å². The van der Waals surface area contributed by atoms with Gasteiger partial charge in [-0.3, -0.25) is 0 Å². The summed E-state index contributed by atoms with van der Waals surface area (Å²) in [6, 6.07) is 0. The largest absolute Gasteiger partial charge is 0.393 e. The van der Waals surface area contributed by atoms with E-state index in [0.29, 0.717) is 11.4 Å². The molecular formula is C9H19NOS. The van der Waals surface area contributed by atoms with Gasteiger partial charge in [-0.25, -0.2) is 0 Å². The molecule has 0 aliphatic rings. The van der Waals surface area contributed by atoms with Crippen LogP contribution in [-0.4, -0.2) is 16.7 Å². The first kappa shape index (κ1) is 11.8.